The van der Waals surface area contributed by atoms with Crippen LogP contribution in [-0.2, 0) is 9.59 Å². The maximum Gasteiger partial charge on any atom is 0.307 e. The summed E-state index contributed by atoms with van der Waals surface area (Å²) in [5, 5.41) is 12.1. The molecule has 2 N–H and O–H groups in total. The van der Waals surface area contributed by atoms with Crippen LogP contribution in [0, 0.1) is 29.6 Å². The van der Waals surface area contributed by atoms with Crippen LogP contribution in [0.25, 0.3) is 0 Å². The first kappa shape index (κ1) is 15.5. The van der Waals surface area contributed by atoms with Gasteiger partial charge >= 0.3 is 5.97 Å². The fourth-order valence-corrected chi connectivity index (χ4v) is 2.94. The van der Waals surface area contributed by atoms with Gasteiger partial charge in [-0.15, -0.1) is 13.2 Å². The minimum atomic E-state index is -0.841. The van der Waals surface area contributed by atoms with Gasteiger partial charge in [0.2, 0.25) is 5.91 Å². The van der Waals surface area contributed by atoms with E-state index < -0.39 is 11.9 Å². The summed E-state index contributed by atoms with van der Waals surface area (Å²) in [6.45, 7) is 10.7. The molecular formula is C15H23NO3. The number of fused-ring (bicyclic) bond motifs is 2. The fraction of sp³-hybridized carbons (Fsp3) is 0.600. The van der Waals surface area contributed by atoms with Gasteiger partial charge in [0.1, 0.15) is 0 Å². The van der Waals surface area contributed by atoms with Crippen molar-refractivity contribution in [3.05, 3.63) is 25.3 Å². The highest BCUT2D eigenvalue weighted by atomic mass is 16.4. The Labute approximate surface area is 114 Å². The van der Waals surface area contributed by atoms with Crippen LogP contribution in [0.3, 0.4) is 0 Å². The molecule has 0 aliphatic heterocycles. The number of hydrogen-bond donors (Lipinski definition) is 2. The number of aliphatic carboxylic acids is 1. The molecule has 2 bridgehead atoms. The Morgan fingerprint density at radius 1 is 1.26 bits per heavy atom. The van der Waals surface area contributed by atoms with Crippen LogP contribution in [0.1, 0.15) is 20.3 Å². The molecule has 1 saturated carbocycles. The van der Waals surface area contributed by atoms with Crippen molar-refractivity contribution in [1.82, 2.24) is 5.32 Å². The third-order valence-corrected chi connectivity index (χ3v) is 3.73. The number of amides is 1. The van der Waals surface area contributed by atoms with E-state index in [-0.39, 0.29) is 23.7 Å². The van der Waals surface area contributed by atoms with Crippen molar-refractivity contribution >= 4 is 11.9 Å². The zero-order valence-corrected chi connectivity index (χ0v) is 11.6. The lowest BCUT2D eigenvalue weighted by Crippen LogP contribution is -2.41. The van der Waals surface area contributed by atoms with Crippen LogP contribution in [-0.4, -0.2) is 23.5 Å². The number of nitrogens with one attached hydrogen (secondary N) is 1. The predicted octanol–water partition coefficient (Wildman–Crippen LogP) is 2.08. The Bertz CT molecular complexity index is 376. The molecule has 0 radical (unpaired) electrons. The van der Waals surface area contributed by atoms with Gasteiger partial charge in [0, 0.05) is 6.54 Å². The van der Waals surface area contributed by atoms with Gasteiger partial charge in [-0.2, -0.15) is 0 Å². The normalized spacial score (nSPS) is 30.9. The minimum Gasteiger partial charge on any atom is -0.481 e. The average Bonchev–Trinajstić information content (AvgIpc) is 2.98. The molecule has 1 fully saturated rings. The highest BCUT2D eigenvalue weighted by Gasteiger charge is 2.51. The summed E-state index contributed by atoms with van der Waals surface area (Å²) in [5.74, 6) is -1.29. The second kappa shape index (κ2) is 6.55. The van der Waals surface area contributed by atoms with Gasteiger partial charge < -0.3 is 10.4 Å². The second-order valence-corrected chi connectivity index (χ2v) is 5.48. The van der Waals surface area contributed by atoms with E-state index in [0.717, 1.165) is 6.42 Å². The quantitative estimate of drug-likeness (QED) is 0.765. The molecule has 0 aromatic carbocycles. The standard InChI is InChI=1S/C13H19NO3.C2H4/c1-7(2)6-14-12(15)10-8-3-4-9(5-8)11(10)13(16)17;1-2/h3-4,7-11H,5-6H2,1-2H3,(H,14,15)(H,16,17);1-2H2. The Morgan fingerprint density at radius 2 is 1.79 bits per heavy atom. The average molecular weight is 265 g/mol. The molecule has 1 amide bonds. The second-order valence-electron chi connectivity index (χ2n) is 5.48. The zero-order chi connectivity index (χ0) is 14.6. The van der Waals surface area contributed by atoms with E-state index in [2.05, 4.69) is 18.5 Å². The minimum absolute atomic E-state index is 0.0484. The molecule has 0 aromatic rings. The molecule has 0 saturated heterocycles. The molecule has 0 heterocycles. The fourth-order valence-electron chi connectivity index (χ4n) is 2.94. The number of hydrogen-bond acceptors (Lipinski definition) is 2. The molecule has 4 heteroatoms. The first-order valence-electron chi connectivity index (χ1n) is 6.69. The lowest BCUT2D eigenvalue weighted by atomic mass is 9.82. The summed E-state index contributed by atoms with van der Waals surface area (Å²) in [6, 6.07) is 0. The molecule has 2 aliphatic carbocycles. The van der Waals surface area contributed by atoms with E-state index in [4.69, 9.17) is 0 Å². The highest BCUT2D eigenvalue weighted by Crippen LogP contribution is 2.48. The van der Waals surface area contributed by atoms with Gasteiger partial charge in [0.05, 0.1) is 11.8 Å². The highest BCUT2D eigenvalue weighted by molar-refractivity contribution is 5.86. The first-order chi connectivity index (χ1) is 9.00. The maximum atomic E-state index is 12.0. The molecule has 0 spiro atoms. The van der Waals surface area contributed by atoms with Crippen LogP contribution in [0.2, 0.25) is 0 Å². The number of carbonyl (C=O) groups excluding carboxylic acids is 1. The molecular weight excluding hydrogens is 242 g/mol. The van der Waals surface area contributed by atoms with E-state index in [1.54, 1.807) is 0 Å². The van der Waals surface area contributed by atoms with Gasteiger partial charge in [-0.3, -0.25) is 9.59 Å². The van der Waals surface area contributed by atoms with E-state index in [9.17, 15) is 14.7 Å². The lowest BCUT2D eigenvalue weighted by Gasteiger charge is -2.24. The van der Waals surface area contributed by atoms with E-state index in [1.807, 2.05) is 26.0 Å². The van der Waals surface area contributed by atoms with Crippen molar-refractivity contribution in [1.29, 1.82) is 0 Å². The largest absolute Gasteiger partial charge is 0.481 e. The molecule has 4 nitrogen and oxygen atoms in total. The summed E-state index contributed by atoms with van der Waals surface area (Å²) in [6.07, 6.45) is 4.77. The SMILES string of the molecule is C=C.CC(C)CNC(=O)C1C2C=CC(C2)C1C(=O)O. The summed E-state index contributed by atoms with van der Waals surface area (Å²) in [5.41, 5.74) is 0. The van der Waals surface area contributed by atoms with Crippen molar-refractivity contribution in [3.8, 4) is 0 Å². The molecule has 2 rings (SSSR count). The van der Waals surface area contributed by atoms with Crippen LogP contribution in [0.4, 0.5) is 0 Å². The van der Waals surface area contributed by atoms with Gasteiger partial charge in [0.15, 0.2) is 0 Å². The van der Waals surface area contributed by atoms with Crippen molar-refractivity contribution in [2.45, 2.75) is 20.3 Å². The summed E-state index contributed by atoms with van der Waals surface area (Å²) >= 11 is 0. The van der Waals surface area contributed by atoms with Crippen molar-refractivity contribution in [2.24, 2.45) is 29.6 Å². The summed E-state index contributed by atoms with van der Waals surface area (Å²) in [4.78, 5) is 23.3. The van der Waals surface area contributed by atoms with Gasteiger partial charge in [-0.05, 0) is 24.2 Å². The van der Waals surface area contributed by atoms with E-state index in [0.29, 0.717) is 12.5 Å². The topological polar surface area (TPSA) is 66.4 Å². The smallest absolute Gasteiger partial charge is 0.307 e. The molecule has 19 heavy (non-hydrogen) atoms. The zero-order valence-electron chi connectivity index (χ0n) is 11.6. The van der Waals surface area contributed by atoms with Crippen LogP contribution in [0.5, 0.6) is 0 Å². The third kappa shape index (κ3) is 3.25. The first-order valence-corrected chi connectivity index (χ1v) is 6.69. The number of allylic oxidation sites excluding steroid dienone is 2. The Kier molecular flexibility index (Phi) is 5.33. The van der Waals surface area contributed by atoms with Crippen LogP contribution in [0.15, 0.2) is 25.3 Å². The van der Waals surface area contributed by atoms with Crippen LogP contribution < -0.4 is 5.32 Å². The van der Waals surface area contributed by atoms with Gasteiger partial charge in [-0.25, -0.2) is 0 Å². The molecule has 4 unspecified atom stereocenters. The Balaban J connectivity index is 0.000000861. The van der Waals surface area contributed by atoms with Crippen molar-refractivity contribution in [2.75, 3.05) is 6.54 Å². The van der Waals surface area contributed by atoms with Gasteiger partial charge in [0.25, 0.3) is 0 Å². The van der Waals surface area contributed by atoms with E-state index >= 15 is 0 Å². The number of rotatable bonds is 4. The molecule has 4 atom stereocenters. The lowest BCUT2D eigenvalue weighted by molar-refractivity contribution is -0.147. The van der Waals surface area contributed by atoms with Crippen LogP contribution >= 0.6 is 0 Å². The Morgan fingerprint density at radius 3 is 2.26 bits per heavy atom. The number of carbonyl (C=O) groups is 2. The molecule has 2 aliphatic rings. The van der Waals surface area contributed by atoms with Gasteiger partial charge in [-0.1, -0.05) is 26.0 Å². The van der Waals surface area contributed by atoms with Crippen molar-refractivity contribution in [3.63, 3.8) is 0 Å². The van der Waals surface area contributed by atoms with E-state index in [1.165, 1.54) is 0 Å². The monoisotopic (exact) mass is 265 g/mol. The molecule has 106 valence electrons. The number of carboxylic acid groups (broad SMARTS) is 1. The maximum absolute atomic E-state index is 12.0. The summed E-state index contributed by atoms with van der Waals surface area (Å²) in [7, 11) is 0. The molecule has 0 aromatic heterocycles. The summed E-state index contributed by atoms with van der Waals surface area (Å²) < 4.78 is 0. The van der Waals surface area contributed by atoms with Crippen molar-refractivity contribution < 1.29 is 14.7 Å². The number of carboxylic acids is 1. The Hall–Kier alpha value is -1.58. The predicted molar refractivity (Wildman–Crippen MR) is 74.5 cm³/mol. The third-order valence-electron chi connectivity index (χ3n) is 3.73.